The molecular formula is C14H12BrNO3S3. The van der Waals surface area contributed by atoms with Crippen LogP contribution in [0.4, 0.5) is 0 Å². The van der Waals surface area contributed by atoms with Crippen molar-refractivity contribution >= 4 is 58.7 Å². The summed E-state index contributed by atoms with van der Waals surface area (Å²) in [6, 6.07) is 11.0. The summed E-state index contributed by atoms with van der Waals surface area (Å²) < 4.78 is 28.8. The number of thiophene rings is 2. The molecule has 8 heteroatoms. The van der Waals surface area contributed by atoms with Gasteiger partial charge in [0.2, 0.25) is 10.0 Å². The molecule has 2 N–H and O–H groups in total. The van der Waals surface area contributed by atoms with Crippen molar-refractivity contribution in [3.05, 3.63) is 51.1 Å². The molecule has 3 aromatic rings. The molecule has 3 rings (SSSR count). The normalized spacial score (nSPS) is 13.5. The van der Waals surface area contributed by atoms with Crippen molar-refractivity contribution in [3.8, 4) is 0 Å². The molecule has 1 atom stereocenters. The van der Waals surface area contributed by atoms with Crippen LogP contribution in [0.3, 0.4) is 0 Å². The molecule has 116 valence electrons. The Kier molecular flexibility index (Phi) is 4.67. The van der Waals surface area contributed by atoms with Crippen LogP contribution >= 0.6 is 38.6 Å². The fourth-order valence-corrected chi connectivity index (χ4v) is 6.17. The summed E-state index contributed by atoms with van der Waals surface area (Å²) in [5.74, 6) is 0. The number of hydrogen-bond acceptors (Lipinski definition) is 5. The summed E-state index contributed by atoms with van der Waals surface area (Å²) >= 11 is 5.91. The van der Waals surface area contributed by atoms with Crippen molar-refractivity contribution < 1.29 is 13.5 Å². The van der Waals surface area contributed by atoms with Crippen LogP contribution in [0.5, 0.6) is 0 Å². The predicted octanol–water partition coefficient (Wildman–Crippen LogP) is 3.74. The van der Waals surface area contributed by atoms with E-state index in [4.69, 9.17) is 0 Å². The highest BCUT2D eigenvalue weighted by Gasteiger charge is 2.20. The number of benzene rings is 1. The fourth-order valence-electron chi connectivity index (χ4n) is 2.07. The molecule has 0 bridgehead atoms. The third kappa shape index (κ3) is 3.27. The second-order valence-electron chi connectivity index (χ2n) is 4.61. The number of halogens is 1. The van der Waals surface area contributed by atoms with Crippen LogP contribution in [0.15, 0.2) is 49.8 Å². The average molecular weight is 418 g/mol. The smallest absolute Gasteiger partial charge is 0.250 e. The number of rotatable bonds is 5. The number of aliphatic hydroxyl groups is 1. The Labute approximate surface area is 144 Å². The summed E-state index contributed by atoms with van der Waals surface area (Å²) in [5, 5.41) is 13.1. The van der Waals surface area contributed by atoms with Gasteiger partial charge in [0.15, 0.2) is 0 Å². The van der Waals surface area contributed by atoms with E-state index in [1.807, 2.05) is 29.6 Å². The molecule has 4 nitrogen and oxygen atoms in total. The van der Waals surface area contributed by atoms with E-state index in [9.17, 15) is 13.5 Å². The summed E-state index contributed by atoms with van der Waals surface area (Å²) in [7, 11) is -3.60. The monoisotopic (exact) mass is 417 g/mol. The first-order chi connectivity index (χ1) is 10.5. The first-order valence-electron chi connectivity index (χ1n) is 6.36. The van der Waals surface area contributed by atoms with E-state index in [0.717, 1.165) is 30.8 Å². The summed E-state index contributed by atoms with van der Waals surface area (Å²) in [4.78, 5) is 0. The molecule has 2 heterocycles. The zero-order valence-corrected chi connectivity index (χ0v) is 15.2. The Hall–Kier alpha value is -0.770. The van der Waals surface area contributed by atoms with Gasteiger partial charge in [0.1, 0.15) is 4.21 Å². The third-order valence-corrected chi connectivity index (χ3v) is 7.67. The van der Waals surface area contributed by atoms with Gasteiger partial charge in [-0.3, -0.25) is 0 Å². The van der Waals surface area contributed by atoms with Crippen LogP contribution in [0.25, 0.3) is 10.1 Å². The summed E-state index contributed by atoms with van der Waals surface area (Å²) in [6.07, 6.45) is -0.880. The van der Waals surface area contributed by atoms with E-state index >= 15 is 0 Å². The molecule has 0 saturated carbocycles. The highest BCUT2D eigenvalue weighted by atomic mass is 79.9. The van der Waals surface area contributed by atoms with E-state index < -0.39 is 16.1 Å². The van der Waals surface area contributed by atoms with Gasteiger partial charge in [-0.05, 0) is 44.9 Å². The highest BCUT2D eigenvalue weighted by Crippen LogP contribution is 2.30. The lowest BCUT2D eigenvalue weighted by Crippen LogP contribution is -2.27. The molecule has 0 aliphatic heterocycles. The van der Waals surface area contributed by atoms with Crippen molar-refractivity contribution in [1.82, 2.24) is 4.72 Å². The van der Waals surface area contributed by atoms with Gasteiger partial charge in [-0.1, -0.05) is 18.2 Å². The Morgan fingerprint density at radius 2 is 2.00 bits per heavy atom. The molecule has 0 spiro atoms. The Balaban J connectivity index is 1.76. The van der Waals surface area contributed by atoms with Crippen molar-refractivity contribution in [2.45, 2.75) is 10.3 Å². The second kappa shape index (κ2) is 6.38. The molecule has 0 amide bonds. The first-order valence-corrected chi connectivity index (χ1v) is 10.3. The second-order valence-corrected chi connectivity index (χ2v) is 9.98. The van der Waals surface area contributed by atoms with Gasteiger partial charge < -0.3 is 5.11 Å². The van der Waals surface area contributed by atoms with Crippen molar-refractivity contribution in [1.29, 1.82) is 0 Å². The van der Waals surface area contributed by atoms with Crippen LogP contribution < -0.4 is 4.72 Å². The zero-order chi connectivity index (χ0) is 15.7. The quantitative estimate of drug-likeness (QED) is 0.664. The maximum absolute atomic E-state index is 12.2. The Bertz CT molecular complexity index is 901. The van der Waals surface area contributed by atoms with Crippen LogP contribution in [0, 0.1) is 0 Å². The third-order valence-electron chi connectivity index (χ3n) is 3.15. The molecular weight excluding hydrogens is 406 g/mol. The zero-order valence-electron chi connectivity index (χ0n) is 11.2. The van der Waals surface area contributed by atoms with E-state index in [2.05, 4.69) is 20.7 Å². The van der Waals surface area contributed by atoms with Gasteiger partial charge in [0, 0.05) is 16.8 Å². The summed E-state index contributed by atoms with van der Waals surface area (Å²) in [6.45, 7) is -0.0570. The van der Waals surface area contributed by atoms with Gasteiger partial charge in [-0.15, -0.1) is 22.7 Å². The largest absolute Gasteiger partial charge is 0.387 e. The van der Waals surface area contributed by atoms with Crippen molar-refractivity contribution in [2.75, 3.05) is 6.54 Å². The number of hydrogen-bond donors (Lipinski definition) is 2. The number of nitrogens with one attached hydrogen (secondary N) is 1. The average Bonchev–Trinajstić information content (AvgIpc) is 3.11. The maximum atomic E-state index is 12.2. The predicted molar refractivity (Wildman–Crippen MR) is 94.0 cm³/mol. The lowest BCUT2D eigenvalue weighted by molar-refractivity contribution is 0.184. The fraction of sp³-hybridized carbons (Fsp3) is 0.143. The van der Waals surface area contributed by atoms with Crippen LogP contribution in [0.1, 0.15) is 11.7 Å². The Morgan fingerprint density at radius 1 is 1.23 bits per heavy atom. The summed E-state index contributed by atoms with van der Waals surface area (Å²) in [5.41, 5.74) is 0.746. The molecule has 1 unspecified atom stereocenters. The minimum atomic E-state index is -3.60. The number of fused-ring (bicyclic) bond motifs is 1. The molecule has 2 aromatic heterocycles. The van der Waals surface area contributed by atoms with Crippen molar-refractivity contribution in [3.63, 3.8) is 0 Å². The van der Waals surface area contributed by atoms with Crippen molar-refractivity contribution in [2.24, 2.45) is 0 Å². The molecule has 0 fully saturated rings. The lowest BCUT2D eigenvalue weighted by Gasteiger charge is -2.11. The van der Waals surface area contributed by atoms with Gasteiger partial charge in [-0.2, -0.15) is 0 Å². The van der Waals surface area contributed by atoms with Gasteiger partial charge in [-0.25, -0.2) is 13.1 Å². The minimum absolute atomic E-state index is 0.0570. The topological polar surface area (TPSA) is 66.4 Å². The van der Waals surface area contributed by atoms with Crippen LogP contribution in [0.2, 0.25) is 0 Å². The standard InChI is InChI=1S/C14H12BrNO3S3/c15-13-5-6-14(21-13)22(18,19)16-7-11(17)10-8-20-12-4-2-1-3-9(10)12/h1-6,8,11,16-17H,7H2. The van der Waals surface area contributed by atoms with E-state index in [-0.39, 0.29) is 10.8 Å². The van der Waals surface area contributed by atoms with E-state index in [0.29, 0.717) is 0 Å². The maximum Gasteiger partial charge on any atom is 0.250 e. The van der Waals surface area contributed by atoms with E-state index in [1.54, 1.807) is 6.07 Å². The number of sulfonamides is 1. The molecule has 0 aliphatic carbocycles. The van der Waals surface area contributed by atoms with Crippen LogP contribution in [-0.4, -0.2) is 20.1 Å². The molecule has 0 saturated heterocycles. The first kappa shape index (κ1) is 16.1. The van der Waals surface area contributed by atoms with Crippen LogP contribution in [-0.2, 0) is 10.0 Å². The lowest BCUT2D eigenvalue weighted by atomic mass is 10.1. The van der Waals surface area contributed by atoms with Gasteiger partial charge >= 0.3 is 0 Å². The SMILES string of the molecule is O=S(=O)(NCC(O)c1csc2ccccc12)c1ccc(Br)s1. The molecule has 0 radical (unpaired) electrons. The molecule has 1 aromatic carbocycles. The highest BCUT2D eigenvalue weighted by molar-refractivity contribution is 9.11. The van der Waals surface area contributed by atoms with Gasteiger partial charge in [0.25, 0.3) is 0 Å². The molecule has 0 aliphatic rings. The Morgan fingerprint density at radius 3 is 2.73 bits per heavy atom. The number of aliphatic hydroxyl groups excluding tert-OH is 1. The molecule has 22 heavy (non-hydrogen) atoms. The minimum Gasteiger partial charge on any atom is -0.387 e. The van der Waals surface area contributed by atoms with Gasteiger partial charge in [0.05, 0.1) is 9.89 Å². The van der Waals surface area contributed by atoms with E-state index in [1.165, 1.54) is 17.4 Å².